The number of fused-ring (bicyclic) bond motifs is 1. The zero-order valence-electron chi connectivity index (χ0n) is 10.2. The Bertz CT molecular complexity index is 628. The number of carbonyl (C=O) groups excluding carboxylic acids is 1. The lowest BCUT2D eigenvalue weighted by molar-refractivity contribution is 0.0930. The summed E-state index contributed by atoms with van der Waals surface area (Å²) >= 11 is 0. The fourth-order valence-electron chi connectivity index (χ4n) is 2.11. The molecule has 1 aromatic heterocycles. The highest BCUT2D eigenvalue weighted by molar-refractivity contribution is 5.95. The fourth-order valence-corrected chi connectivity index (χ4v) is 2.11. The molecule has 1 unspecified atom stereocenters. The first-order valence-corrected chi connectivity index (χ1v) is 5.98. The summed E-state index contributed by atoms with van der Waals surface area (Å²) in [7, 11) is 0. The molecule has 2 aromatic rings. The van der Waals surface area contributed by atoms with Gasteiger partial charge in [0, 0.05) is 17.3 Å². The maximum atomic E-state index is 12.1. The van der Waals surface area contributed by atoms with Crippen LogP contribution in [-0.2, 0) is 0 Å². The number of nitrogens with one attached hydrogen (secondary N) is 1. The quantitative estimate of drug-likeness (QED) is 0.853. The molecule has 0 saturated heterocycles. The summed E-state index contributed by atoms with van der Waals surface area (Å²) in [6.45, 7) is 0.450. The molecule has 1 aromatic carbocycles. The third kappa shape index (κ3) is 2.22. The lowest BCUT2D eigenvalue weighted by atomic mass is 10.1. The number of pyridine rings is 1. The number of hydrogen-bond acceptors (Lipinski definition) is 4. The fraction of sp³-hybridized carbons (Fsp3) is 0.143. The van der Waals surface area contributed by atoms with E-state index in [2.05, 4.69) is 10.3 Å². The summed E-state index contributed by atoms with van der Waals surface area (Å²) in [4.78, 5) is 16.0. The predicted octanol–water partition coefficient (Wildman–Crippen LogP) is 1.53. The second-order valence-electron chi connectivity index (χ2n) is 4.34. The number of nitrogens with zero attached hydrogens (tertiary/aromatic N) is 1. The first kappa shape index (κ1) is 11.5. The largest absolute Gasteiger partial charge is 0.491 e. The molecule has 3 N–H and O–H groups in total. The van der Waals surface area contributed by atoms with E-state index in [9.17, 15) is 4.79 Å². The number of benzene rings is 1. The van der Waals surface area contributed by atoms with Crippen LogP contribution in [0.25, 0.3) is 0 Å². The molecule has 19 heavy (non-hydrogen) atoms. The summed E-state index contributed by atoms with van der Waals surface area (Å²) in [6.07, 6.45) is 1.52. The Morgan fingerprint density at radius 2 is 2.21 bits per heavy atom. The Labute approximate surface area is 110 Å². The van der Waals surface area contributed by atoms with Gasteiger partial charge in [0.2, 0.25) is 0 Å². The molecule has 5 heteroatoms. The van der Waals surface area contributed by atoms with Crippen molar-refractivity contribution < 1.29 is 9.53 Å². The van der Waals surface area contributed by atoms with E-state index in [0.717, 1.165) is 11.3 Å². The van der Waals surface area contributed by atoms with Crippen LogP contribution in [0.5, 0.6) is 5.75 Å². The van der Waals surface area contributed by atoms with Gasteiger partial charge in [0.15, 0.2) is 0 Å². The molecule has 0 fully saturated rings. The molecule has 3 rings (SSSR count). The average Bonchev–Trinajstić information content (AvgIpc) is 2.82. The molecule has 1 atom stereocenters. The Kier molecular flexibility index (Phi) is 2.79. The van der Waals surface area contributed by atoms with Crippen LogP contribution in [0.4, 0.5) is 5.82 Å². The van der Waals surface area contributed by atoms with Gasteiger partial charge in [-0.3, -0.25) is 4.79 Å². The van der Waals surface area contributed by atoms with Gasteiger partial charge in [-0.2, -0.15) is 0 Å². The van der Waals surface area contributed by atoms with Gasteiger partial charge >= 0.3 is 0 Å². The van der Waals surface area contributed by atoms with E-state index >= 15 is 0 Å². The second-order valence-corrected chi connectivity index (χ2v) is 4.34. The van der Waals surface area contributed by atoms with Crippen molar-refractivity contribution >= 4 is 11.7 Å². The molecular formula is C14H13N3O2. The van der Waals surface area contributed by atoms with Gasteiger partial charge in [0.1, 0.15) is 18.2 Å². The van der Waals surface area contributed by atoms with Crippen LogP contribution in [0.15, 0.2) is 42.6 Å². The molecule has 1 amide bonds. The number of nitrogen functional groups attached to an aromatic ring is 1. The van der Waals surface area contributed by atoms with Gasteiger partial charge in [-0.15, -0.1) is 0 Å². The Morgan fingerprint density at radius 3 is 3.05 bits per heavy atom. The summed E-state index contributed by atoms with van der Waals surface area (Å²) in [5, 5.41) is 2.93. The summed E-state index contributed by atoms with van der Waals surface area (Å²) in [5.74, 6) is 0.970. The van der Waals surface area contributed by atoms with Gasteiger partial charge < -0.3 is 15.8 Å². The first-order valence-electron chi connectivity index (χ1n) is 5.98. The van der Waals surface area contributed by atoms with E-state index in [-0.39, 0.29) is 11.9 Å². The number of rotatable bonds is 2. The van der Waals surface area contributed by atoms with Crippen LogP contribution in [0.2, 0.25) is 0 Å². The van der Waals surface area contributed by atoms with Crippen molar-refractivity contribution in [2.75, 3.05) is 12.3 Å². The number of aromatic nitrogens is 1. The molecule has 0 saturated carbocycles. The van der Waals surface area contributed by atoms with E-state index in [1.807, 2.05) is 24.3 Å². The average molecular weight is 255 g/mol. The van der Waals surface area contributed by atoms with Gasteiger partial charge in [0.05, 0.1) is 6.04 Å². The summed E-state index contributed by atoms with van der Waals surface area (Å²) in [6, 6.07) is 10.7. The zero-order valence-corrected chi connectivity index (χ0v) is 10.2. The molecule has 5 nitrogen and oxygen atoms in total. The van der Waals surface area contributed by atoms with Crippen LogP contribution >= 0.6 is 0 Å². The van der Waals surface area contributed by atoms with Crippen molar-refractivity contribution in [3.05, 3.63) is 53.7 Å². The summed E-state index contributed by atoms with van der Waals surface area (Å²) < 4.78 is 5.52. The maximum Gasteiger partial charge on any atom is 0.252 e. The lowest BCUT2D eigenvalue weighted by Crippen LogP contribution is -2.29. The molecule has 0 radical (unpaired) electrons. The molecule has 0 bridgehead atoms. The monoisotopic (exact) mass is 255 g/mol. The Hall–Kier alpha value is -2.56. The van der Waals surface area contributed by atoms with Crippen LogP contribution in [-0.4, -0.2) is 17.5 Å². The van der Waals surface area contributed by atoms with E-state index < -0.39 is 0 Å². The first-order chi connectivity index (χ1) is 9.24. The van der Waals surface area contributed by atoms with Gasteiger partial charge in [0.25, 0.3) is 5.91 Å². The molecular weight excluding hydrogens is 242 g/mol. The normalized spacial score (nSPS) is 16.5. The maximum absolute atomic E-state index is 12.1. The van der Waals surface area contributed by atoms with Crippen LogP contribution in [0, 0.1) is 0 Å². The van der Waals surface area contributed by atoms with Gasteiger partial charge in [-0.1, -0.05) is 18.2 Å². The van der Waals surface area contributed by atoms with E-state index in [1.54, 1.807) is 12.1 Å². The van der Waals surface area contributed by atoms with Crippen molar-refractivity contribution in [3.63, 3.8) is 0 Å². The minimum atomic E-state index is -0.181. The zero-order chi connectivity index (χ0) is 13.2. The smallest absolute Gasteiger partial charge is 0.252 e. The van der Waals surface area contributed by atoms with Crippen molar-refractivity contribution in [3.8, 4) is 5.75 Å². The van der Waals surface area contributed by atoms with E-state index in [0.29, 0.717) is 18.0 Å². The number of ether oxygens (including phenoxy) is 1. The third-order valence-corrected chi connectivity index (χ3v) is 3.05. The van der Waals surface area contributed by atoms with Crippen molar-refractivity contribution in [1.82, 2.24) is 10.3 Å². The van der Waals surface area contributed by atoms with Crippen molar-refractivity contribution in [2.24, 2.45) is 0 Å². The number of amides is 1. The van der Waals surface area contributed by atoms with Gasteiger partial charge in [-0.25, -0.2) is 4.98 Å². The minimum absolute atomic E-state index is 0.127. The van der Waals surface area contributed by atoms with Crippen LogP contribution in [0.1, 0.15) is 22.0 Å². The lowest BCUT2D eigenvalue weighted by Gasteiger charge is -2.11. The highest BCUT2D eigenvalue weighted by Crippen LogP contribution is 2.31. The molecule has 0 aliphatic carbocycles. The van der Waals surface area contributed by atoms with Crippen LogP contribution < -0.4 is 15.8 Å². The predicted molar refractivity (Wildman–Crippen MR) is 70.8 cm³/mol. The third-order valence-electron chi connectivity index (χ3n) is 3.05. The minimum Gasteiger partial charge on any atom is -0.491 e. The highest BCUT2D eigenvalue weighted by atomic mass is 16.5. The number of anilines is 1. The second kappa shape index (κ2) is 4.61. The van der Waals surface area contributed by atoms with Crippen molar-refractivity contribution in [2.45, 2.75) is 6.04 Å². The molecule has 2 heterocycles. The Morgan fingerprint density at radius 1 is 1.37 bits per heavy atom. The number of hydrogen-bond donors (Lipinski definition) is 2. The van der Waals surface area contributed by atoms with E-state index in [1.165, 1.54) is 6.20 Å². The Balaban J connectivity index is 1.78. The standard InChI is InChI=1S/C14H13N3O2/c15-13-7-9(5-6-16-13)14(18)17-11-8-19-12-4-2-1-3-10(11)12/h1-7,11H,8H2,(H2,15,16)(H,17,18). The molecule has 1 aliphatic rings. The van der Waals surface area contributed by atoms with Gasteiger partial charge in [-0.05, 0) is 18.2 Å². The van der Waals surface area contributed by atoms with Crippen LogP contribution in [0.3, 0.4) is 0 Å². The number of para-hydroxylation sites is 1. The molecule has 1 aliphatic heterocycles. The van der Waals surface area contributed by atoms with E-state index in [4.69, 9.17) is 10.5 Å². The SMILES string of the molecule is Nc1cc(C(=O)NC2COc3ccccc32)ccn1. The number of nitrogens with two attached hydrogens (primary N) is 1. The molecule has 0 spiro atoms. The topological polar surface area (TPSA) is 77.2 Å². The van der Waals surface area contributed by atoms with Crippen molar-refractivity contribution in [1.29, 1.82) is 0 Å². The summed E-state index contributed by atoms with van der Waals surface area (Å²) in [5.41, 5.74) is 7.06. The number of carbonyl (C=O) groups is 1. The molecule has 96 valence electrons. The highest BCUT2D eigenvalue weighted by Gasteiger charge is 2.25.